The van der Waals surface area contributed by atoms with Gasteiger partial charge in [-0.1, -0.05) is 57.0 Å². The molecule has 3 rings (SSSR count). The Morgan fingerprint density at radius 1 is 0.861 bits per heavy atom. The number of anilines is 1. The summed E-state index contributed by atoms with van der Waals surface area (Å²) in [5.74, 6) is -0.291. The zero-order valence-corrected chi connectivity index (χ0v) is 21.8. The summed E-state index contributed by atoms with van der Waals surface area (Å²) in [7, 11) is -3.78. The Morgan fingerprint density at radius 3 is 2.17 bits per heavy atom. The van der Waals surface area contributed by atoms with Crippen molar-refractivity contribution in [2.24, 2.45) is 0 Å². The number of hydrogen-bond acceptors (Lipinski definition) is 4. The second kappa shape index (κ2) is 13.1. The van der Waals surface area contributed by atoms with Gasteiger partial charge in [-0.05, 0) is 79.3 Å². The number of ether oxygens (including phenoxy) is 1. The van der Waals surface area contributed by atoms with Gasteiger partial charge >= 0.3 is 5.97 Å². The number of hydrogen-bond donors (Lipinski definition) is 1. The fourth-order valence-corrected chi connectivity index (χ4v) is 5.44. The molecule has 0 aliphatic rings. The summed E-state index contributed by atoms with van der Waals surface area (Å²) < 4.78 is 34.8. The Hall–Kier alpha value is -3.32. The summed E-state index contributed by atoms with van der Waals surface area (Å²) in [5.41, 5.74) is 2.85. The molecule has 36 heavy (non-hydrogen) atoms. The maximum absolute atomic E-state index is 13.8. The molecule has 0 aromatic heterocycles. The summed E-state index contributed by atoms with van der Waals surface area (Å²) in [4.78, 5) is 11.4. The van der Waals surface area contributed by atoms with E-state index in [1.54, 1.807) is 36.4 Å². The van der Waals surface area contributed by atoms with E-state index in [9.17, 15) is 13.2 Å². The Kier molecular flexibility index (Phi) is 9.94. The molecule has 0 fully saturated rings. The molecular weight excluding hydrogens is 474 g/mol. The van der Waals surface area contributed by atoms with E-state index in [1.807, 2.05) is 43.3 Å². The summed E-state index contributed by atoms with van der Waals surface area (Å²) in [6.45, 7) is 5.13. The largest absolute Gasteiger partial charge is 0.494 e. The van der Waals surface area contributed by atoms with E-state index in [0.29, 0.717) is 37.4 Å². The van der Waals surface area contributed by atoms with Crippen molar-refractivity contribution in [3.63, 3.8) is 0 Å². The standard InChI is InChI=1S/C29H35NO5S/c1-3-5-21-30(36(33,34)27-19-17-26(18-20-27)35-22-6-4-2)28-10-8-7-9-24(28)14-11-23-12-15-25(16-13-23)29(31)32/h7-10,12-13,15-20H,3-6,11,14,21-22H2,1-2H3,(H,31,32). The average molecular weight is 510 g/mol. The molecule has 6 nitrogen and oxygen atoms in total. The fourth-order valence-electron chi connectivity index (χ4n) is 3.90. The lowest BCUT2D eigenvalue weighted by atomic mass is 10.0. The van der Waals surface area contributed by atoms with Crippen LogP contribution in [0.2, 0.25) is 0 Å². The normalized spacial score (nSPS) is 11.3. The maximum Gasteiger partial charge on any atom is 0.335 e. The van der Waals surface area contributed by atoms with Crippen LogP contribution in [-0.4, -0.2) is 32.6 Å². The van der Waals surface area contributed by atoms with E-state index >= 15 is 0 Å². The molecule has 0 atom stereocenters. The highest BCUT2D eigenvalue weighted by molar-refractivity contribution is 7.92. The first-order chi connectivity index (χ1) is 17.4. The second-order valence-corrected chi connectivity index (χ2v) is 10.6. The van der Waals surface area contributed by atoms with Crippen LogP contribution >= 0.6 is 0 Å². The zero-order chi connectivity index (χ0) is 26.0. The number of carboxylic acids is 1. The first-order valence-corrected chi connectivity index (χ1v) is 14.0. The van der Waals surface area contributed by atoms with Gasteiger partial charge in [-0.2, -0.15) is 0 Å². The van der Waals surface area contributed by atoms with Gasteiger partial charge in [0.2, 0.25) is 0 Å². The van der Waals surface area contributed by atoms with Crippen LogP contribution in [0.4, 0.5) is 5.69 Å². The molecule has 0 saturated carbocycles. The zero-order valence-electron chi connectivity index (χ0n) is 21.0. The van der Waals surface area contributed by atoms with Crippen molar-refractivity contribution in [1.82, 2.24) is 0 Å². The van der Waals surface area contributed by atoms with Crippen LogP contribution in [0.5, 0.6) is 5.75 Å². The number of aromatic carboxylic acids is 1. The van der Waals surface area contributed by atoms with Crippen molar-refractivity contribution >= 4 is 21.7 Å². The topological polar surface area (TPSA) is 83.9 Å². The first kappa shape index (κ1) is 27.3. The van der Waals surface area contributed by atoms with E-state index in [0.717, 1.165) is 36.8 Å². The number of para-hydroxylation sites is 1. The van der Waals surface area contributed by atoms with E-state index in [2.05, 4.69) is 6.92 Å². The third-order valence-corrected chi connectivity index (χ3v) is 7.86. The molecule has 0 heterocycles. The Bertz CT molecular complexity index is 1220. The van der Waals surface area contributed by atoms with Gasteiger partial charge < -0.3 is 9.84 Å². The molecule has 3 aromatic carbocycles. The predicted octanol–water partition coefficient (Wildman–Crippen LogP) is 6.34. The highest BCUT2D eigenvalue weighted by Crippen LogP contribution is 2.29. The second-order valence-electron chi connectivity index (χ2n) is 8.73. The molecule has 0 unspecified atom stereocenters. The molecule has 0 saturated heterocycles. The van der Waals surface area contributed by atoms with Gasteiger partial charge in [-0.25, -0.2) is 13.2 Å². The van der Waals surface area contributed by atoms with Crippen molar-refractivity contribution in [1.29, 1.82) is 0 Å². The molecular formula is C29H35NO5S. The number of sulfonamides is 1. The number of nitrogens with zero attached hydrogens (tertiary/aromatic N) is 1. The summed E-state index contributed by atoms with van der Waals surface area (Å²) in [6, 6.07) is 21.1. The highest BCUT2D eigenvalue weighted by Gasteiger charge is 2.26. The van der Waals surface area contributed by atoms with E-state index < -0.39 is 16.0 Å². The molecule has 0 bridgehead atoms. The number of rotatable bonds is 14. The summed E-state index contributed by atoms with van der Waals surface area (Å²) in [6.07, 6.45) is 4.89. The van der Waals surface area contributed by atoms with E-state index in [1.165, 1.54) is 4.31 Å². The smallest absolute Gasteiger partial charge is 0.335 e. The third-order valence-electron chi connectivity index (χ3n) is 6.04. The third kappa shape index (κ3) is 7.10. The lowest BCUT2D eigenvalue weighted by Gasteiger charge is -2.27. The Labute approximate surface area is 214 Å². The van der Waals surface area contributed by atoms with Crippen molar-refractivity contribution in [2.45, 2.75) is 57.3 Å². The highest BCUT2D eigenvalue weighted by atomic mass is 32.2. The van der Waals surface area contributed by atoms with Crippen molar-refractivity contribution in [2.75, 3.05) is 17.5 Å². The lowest BCUT2D eigenvalue weighted by molar-refractivity contribution is 0.0697. The van der Waals surface area contributed by atoms with Gasteiger partial charge in [-0.15, -0.1) is 0 Å². The van der Waals surface area contributed by atoms with Gasteiger partial charge in [0.1, 0.15) is 5.75 Å². The van der Waals surface area contributed by atoms with Crippen LogP contribution in [0, 0.1) is 0 Å². The van der Waals surface area contributed by atoms with Crippen LogP contribution in [0.3, 0.4) is 0 Å². The minimum atomic E-state index is -3.78. The van der Waals surface area contributed by atoms with Gasteiger partial charge in [-0.3, -0.25) is 4.31 Å². The molecule has 0 spiro atoms. The quantitative estimate of drug-likeness (QED) is 0.256. The van der Waals surface area contributed by atoms with Gasteiger partial charge in [0.05, 0.1) is 22.8 Å². The number of carboxylic acid groups (broad SMARTS) is 1. The van der Waals surface area contributed by atoms with Crippen LogP contribution in [0.1, 0.15) is 61.0 Å². The first-order valence-electron chi connectivity index (χ1n) is 12.5. The van der Waals surface area contributed by atoms with Crippen molar-refractivity contribution in [3.8, 4) is 5.75 Å². The van der Waals surface area contributed by atoms with Crippen LogP contribution in [0.25, 0.3) is 0 Å². The molecule has 0 radical (unpaired) electrons. The Balaban J connectivity index is 1.85. The monoisotopic (exact) mass is 509 g/mol. The minimum Gasteiger partial charge on any atom is -0.494 e. The summed E-state index contributed by atoms with van der Waals surface area (Å²) >= 11 is 0. The molecule has 0 amide bonds. The lowest BCUT2D eigenvalue weighted by Crippen LogP contribution is -2.33. The number of carbonyl (C=O) groups is 1. The molecule has 1 N–H and O–H groups in total. The predicted molar refractivity (Wildman–Crippen MR) is 144 cm³/mol. The SMILES string of the molecule is CCCCOc1ccc(S(=O)(=O)N(CCCC)c2ccccc2CCc2ccc(C(=O)O)cc2)cc1. The Morgan fingerprint density at radius 2 is 1.53 bits per heavy atom. The van der Waals surface area contributed by atoms with Gasteiger partial charge in [0.25, 0.3) is 10.0 Å². The van der Waals surface area contributed by atoms with Gasteiger partial charge in [0.15, 0.2) is 0 Å². The van der Waals surface area contributed by atoms with Crippen LogP contribution in [-0.2, 0) is 22.9 Å². The molecule has 0 aliphatic carbocycles. The molecule has 0 aliphatic heterocycles. The number of aryl methyl sites for hydroxylation is 2. The minimum absolute atomic E-state index is 0.237. The van der Waals surface area contributed by atoms with E-state index in [-0.39, 0.29) is 10.5 Å². The fraction of sp³-hybridized carbons (Fsp3) is 0.345. The number of benzene rings is 3. The van der Waals surface area contributed by atoms with Crippen LogP contribution < -0.4 is 9.04 Å². The average Bonchev–Trinajstić information content (AvgIpc) is 2.89. The van der Waals surface area contributed by atoms with E-state index in [4.69, 9.17) is 9.84 Å². The van der Waals surface area contributed by atoms with Crippen molar-refractivity contribution < 1.29 is 23.1 Å². The molecule has 192 valence electrons. The number of unbranched alkanes of at least 4 members (excludes halogenated alkanes) is 2. The molecule has 3 aromatic rings. The summed E-state index contributed by atoms with van der Waals surface area (Å²) in [5, 5.41) is 9.12. The maximum atomic E-state index is 13.8. The van der Waals surface area contributed by atoms with Crippen LogP contribution in [0.15, 0.2) is 77.7 Å². The van der Waals surface area contributed by atoms with Gasteiger partial charge in [0, 0.05) is 6.54 Å². The molecule has 7 heteroatoms. The van der Waals surface area contributed by atoms with Crippen molar-refractivity contribution in [3.05, 3.63) is 89.5 Å².